The van der Waals surface area contributed by atoms with Gasteiger partial charge in [0.25, 0.3) is 0 Å². The predicted molar refractivity (Wildman–Crippen MR) is 99.4 cm³/mol. The molecule has 2 fully saturated rings. The van der Waals surface area contributed by atoms with Crippen molar-refractivity contribution in [3.8, 4) is 11.5 Å². The van der Waals surface area contributed by atoms with Crippen molar-refractivity contribution in [1.29, 1.82) is 0 Å². The van der Waals surface area contributed by atoms with Gasteiger partial charge in [0.15, 0.2) is 0 Å². The highest BCUT2D eigenvalue weighted by atomic mass is 16.5. The Hall–Kier alpha value is -1.30. The molecule has 1 atom stereocenters. The van der Waals surface area contributed by atoms with Gasteiger partial charge in [-0.05, 0) is 31.0 Å². The second kappa shape index (κ2) is 8.88. The average Bonchev–Trinajstić information content (AvgIpc) is 2.68. The third-order valence-electron chi connectivity index (χ3n) is 5.72. The van der Waals surface area contributed by atoms with Gasteiger partial charge in [0, 0.05) is 44.3 Å². The minimum Gasteiger partial charge on any atom is -0.497 e. The Morgan fingerprint density at radius 2 is 1.76 bits per heavy atom. The highest BCUT2D eigenvalue weighted by Gasteiger charge is 2.26. The van der Waals surface area contributed by atoms with E-state index in [0.717, 1.165) is 43.5 Å². The molecule has 0 amide bonds. The smallest absolute Gasteiger partial charge is 0.124 e. The van der Waals surface area contributed by atoms with Crippen molar-refractivity contribution in [2.75, 3.05) is 46.9 Å². The number of hydrogen-bond donors (Lipinski definition) is 1. The summed E-state index contributed by atoms with van der Waals surface area (Å²) in [5.41, 5.74) is 0.802. The van der Waals surface area contributed by atoms with Gasteiger partial charge in [0.1, 0.15) is 11.5 Å². The lowest BCUT2D eigenvalue weighted by Gasteiger charge is -2.41. The van der Waals surface area contributed by atoms with Crippen LogP contribution in [-0.4, -0.2) is 67.9 Å². The topological polar surface area (TPSA) is 45.2 Å². The van der Waals surface area contributed by atoms with E-state index in [1.807, 2.05) is 18.2 Å². The van der Waals surface area contributed by atoms with Crippen LogP contribution in [0.25, 0.3) is 0 Å². The zero-order chi connectivity index (χ0) is 17.6. The molecule has 1 heterocycles. The Morgan fingerprint density at radius 1 is 1.04 bits per heavy atom. The van der Waals surface area contributed by atoms with E-state index in [-0.39, 0.29) is 0 Å². The first-order valence-corrected chi connectivity index (χ1v) is 9.57. The molecule has 0 radical (unpaired) electrons. The number of methoxy groups -OCH3 is 2. The molecule has 1 N–H and O–H groups in total. The summed E-state index contributed by atoms with van der Waals surface area (Å²) in [7, 11) is 3.28. The van der Waals surface area contributed by atoms with Crippen LogP contribution < -0.4 is 9.47 Å². The second-order valence-electron chi connectivity index (χ2n) is 7.25. The van der Waals surface area contributed by atoms with Gasteiger partial charge in [-0.1, -0.05) is 19.3 Å². The first-order chi connectivity index (χ1) is 12.2. The molecule has 1 saturated heterocycles. The molecular formula is C20H32N2O3. The van der Waals surface area contributed by atoms with Crippen LogP contribution in [0.4, 0.5) is 0 Å². The fourth-order valence-electron chi connectivity index (χ4n) is 4.20. The molecule has 1 aromatic carbocycles. The lowest BCUT2D eigenvalue weighted by molar-refractivity contribution is 0.0468. The fraction of sp³-hybridized carbons (Fsp3) is 0.700. The molecule has 1 unspecified atom stereocenters. The lowest BCUT2D eigenvalue weighted by atomic mass is 9.94. The molecule has 1 aliphatic heterocycles. The van der Waals surface area contributed by atoms with Crippen molar-refractivity contribution < 1.29 is 14.6 Å². The van der Waals surface area contributed by atoms with E-state index in [9.17, 15) is 5.11 Å². The summed E-state index contributed by atoms with van der Waals surface area (Å²) in [6.45, 7) is 4.93. The quantitative estimate of drug-likeness (QED) is 0.856. The summed E-state index contributed by atoms with van der Waals surface area (Å²) in [4.78, 5) is 5.02. The summed E-state index contributed by atoms with van der Waals surface area (Å²) >= 11 is 0. The predicted octanol–water partition coefficient (Wildman–Crippen LogP) is 2.69. The normalized spacial score (nSPS) is 21.9. The monoisotopic (exact) mass is 348 g/mol. The van der Waals surface area contributed by atoms with Crippen LogP contribution in [0.1, 0.15) is 43.8 Å². The minimum absolute atomic E-state index is 0.564. The molecule has 5 nitrogen and oxygen atoms in total. The largest absolute Gasteiger partial charge is 0.497 e. The number of ether oxygens (including phenoxy) is 2. The Kier molecular flexibility index (Phi) is 6.57. The highest BCUT2D eigenvalue weighted by Crippen LogP contribution is 2.30. The number of benzene rings is 1. The summed E-state index contributed by atoms with van der Waals surface area (Å²) in [6, 6.07) is 6.39. The zero-order valence-corrected chi connectivity index (χ0v) is 15.6. The molecule has 25 heavy (non-hydrogen) atoms. The van der Waals surface area contributed by atoms with Crippen molar-refractivity contribution in [1.82, 2.24) is 9.80 Å². The Morgan fingerprint density at radius 3 is 2.40 bits per heavy atom. The number of β-amino-alcohol motifs (C(OH)–C–C–N with tert-alkyl or cyclic N) is 1. The number of rotatable bonds is 6. The van der Waals surface area contributed by atoms with Gasteiger partial charge in [0.05, 0.1) is 20.3 Å². The van der Waals surface area contributed by atoms with E-state index in [4.69, 9.17) is 9.47 Å². The third-order valence-corrected chi connectivity index (χ3v) is 5.72. The van der Waals surface area contributed by atoms with E-state index in [1.165, 1.54) is 32.1 Å². The van der Waals surface area contributed by atoms with Crippen molar-refractivity contribution in [2.45, 2.75) is 44.2 Å². The molecule has 1 saturated carbocycles. The highest BCUT2D eigenvalue weighted by molar-refractivity contribution is 5.41. The Bertz CT molecular complexity index is 538. The number of hydrogen-bond acceptors (Lipinski definition) is 5. The van der Waals surface area contributed by atoms with Crippen molar-refractivity contribution in [3.63, 3.8) is 0 Å². The lowest BCUT2D eigenvalue weighted by Crippen LogP contribution is -2.51. The summed E-state index contributed by atoms with van der Waals surface area (Å²) in [6.07, 6.45) is 6.35. The first kappa shape index (κ1) is 18.5. The van der Waals surface area contributed by atoms with Crippen molar-refractivity contribution >= 4 is 0 Å². The van der Waals surface area contributed by atoms with Gasteiger partial charge in [0.2, 0.25) is 0 Å². The van der Waals surface area contributed by atoms with Crippen molar-refractivity contribution in [3.05, 3.63) is 23.8 Å². The molecule has 5 heteroatoms. The van der Waals surface area contributed by atoms with Gasteiger partial charge in [-0.3, -0.25) is 9.80 Å². The maximum absolute atomic E-state index is 10.7. The van der Waals surface area contributed by atoms with Gasteiger partial charge in [-0.15, -0.1) is 0 Å². The van der Waals surface area contributed by atoms with E-state index in [0.29, 0.717) is 12.3 Å². The average molecular weight is 348 g/mol. The third kappa shape index (κ3) is 4.66. The van der Waals surface area contributed by atoms with Crippen LogP contribution in [-0.2, 0) is 0 Å². The van der Waals surface area contributed by atoms with E-state index < -0.39 is 6.10 Å². The maximum Gasteiger partial charge on any atom is 0.124 e. The van der Waals surface area contributed by atoms with Crippen LogP contribution in [0.2, 0.25) is 0 Å². The standard InChI is InChI=1S/C20H32N2O3/c1-24-17-8-9-20(25-2)18(14-17)19(23)15-21-10-12-22(13-11-21)16-6-4-3-5-7-16/h8-9,14,16,19,23H,3-7,10-13,15H2,1-2H3. The number of nitrogens with zero attached hydrogens (tertiary/aromatic N) is 2. The van der Waals surface area contributed by atoms with E-state index >= 15 is 0 Å². The molecule has 3 rings (SSSR count). The van der Waals surface area contributed by atoms with Crippen LogP contribution in [0.5, 0.6) is 11.5 Å². The molecule has 1 aliphatic carbocycles. The van der Waals surface area contributed by atoms with Crippen LogP contribution in [0, 0.1) is 0 Å². The van der Waals surface area contributed by atoms with Gasteiger partial charge in [-0.25, -0.2) is 0 Å². The molecular weight excluding hydrogens is 316 g/mol. The summed E-state index contributed by atoms with van der Waals surface area (Å²) < 4.78 is 10.7. The van der Waals surface area contributed by atoms with Crippen LogP contribution in [0.15, 0.2) is 18.2 Å². The Balaban J connectivity index is 1.54. The number of piperazine rings is 1. The SMILES string of the molecule is COc1ccc(OC)c(C(O)CN2CCN(C3CCCCC3)CC2)c1. The molecule has 0 aromatic heterocycles. The van der Waals surface area contributed by atoms with Crippen LogP contribution >= 0.6 is 0 Å². The summed E-state index contributed by atoms with van der Waals surface area (Å²) in [5, 5.41) is 10.7. The van der Waals surface area contributed by atoms with Crippen molar-refractivity contribution in [2.24, 2.45) is 0 Å². The Labute approximate surface area is 151 Å². The van der Waals surface area contributed by atoms with Crippen LogP contribution in [0.3, 0.4) is 0 Å². The molecule has 140 valence electrons. The fourth-order valence-corrected chi connectivity index (χ4v) is 4.20. The molecule has 1 aromatic rings. The van der Waals surface area contributed by atoms with Gasteiger partial charge in [-0.2, -0.15) is 0 Å². The number of aliphatic hydroxyl groups excluding tert-OH is 1. The maximum atomic E-state index is 10.7. The molecule has 0 spiro atoms. The zero-order valence-electron chi connectivity index (χ0n) is 15.6. The minimum atomic E-state index is -0.564. The molecule has 0 bridgehead atoms. The van der Waals surface area contributed by atoms with Gasteiger partial charge < -0.3 is 14.6 Å². The second-order valence-corrected chi connectivity index (χ2v) is 7.25. The van der Waals surface area contributed by atoms with E-state index in [1.54, 1.807) is 14.2 Å². The van der Waals surface area contributed by atoms with E-state index in [2.05, 4.69) is 9.80 Å². The molecule has 2 aliphatic rings. The summed E-state index contributed by atoms with van der Waals surface area (Å²) in [5.74, 6) is 1.46. The van der Waals surface area contributed by atoms with Gasteiger partial charge >= 0.3 is 0 Å². The number of aliphatic hydroxyl groups is 1. The first-order valence-electron chi connectivity index (χ1n) is 9.57.